The highest BCUT2D eigenvalue weighted by molar-refractivity contribution is 6.87. The van der Waals surface area contributed by atoms with Crippen LogP contribution >= 0.6 is 0 Å². The number of hydrogen-bond acceptors (Lipinski definition) is 3. The summed E-state index contributed by atoms with van der Waals surface area (Å²) in [6.07, 6.45) is 3.54. The first-order chi connectivity index (χ1) is 14.2. The van der Waals surface area contributed by atoms with E-state index in [9.17, 15) is 0 Å². The summed E-state index contributed by atoms with van der Waals surface area (Å²) < 4.78 is 0. The third-order valence-corrected chi connectivity index (χ3v) is 10.0. The number of pyridine rings is 3. The maximum absolute atomic E-state index is 4.76. The molecule has 3 heterocycles. The summed E-state index contributed by atoms with van der Waals surface area (Å²) in [6, 6.07) is 19.1. The van der Waals surface area contributed by atoms with E-state index in [1.165, 1.54) is 18.1 Å². The molecule has 0 aliphatic heterocycles. The molecule has 0 spiro atoms. The molecule has 0 atom stereocenters. The van der Waals surface area contributed by atoms with Crippen molar-refractivity contribution in [3.05, 3.63) is 66.5 Å². The number of nitrogens with zero attached hydrogens (tertiary/aromatic N) is 3. The summed E-state index contributed by atoms with van der Waals surface area (Å²) in [4.78, 5) is 13.6. The highest BCUT2D eigenvalue weighted by Gasteiger charge is 2.23. The van der Waals surface area contributed by atoms with Crippen LogP contribution in [0.15, 0.2) is 60.9 Å². The van der Waals surface area contributed by atoms with Crippen LogP contribution in [0.25, 0.3) is 22.8 Å². The summed E-state index contributed by atoms with van der Waals surface area (Å²) in [7, 11) is -1.48. The highest BCUT2D eigenvalue weighted by atomic mass is 28.3. The van der Waals surface area contributed by atoms with Gasteiger partial charge >= 0.3 is 0 Å². The molecule has 0 bridgehead atoms. The summed E-state index contributed by atoms with van der Waals surface area (Å²) in [6.45, 7) is 6.76. The second-order valence-electron chi connectivity index (χ2n) is 6.90. The molecular formula is C25H25N3Si. The predicted octanol–water partition coefficient (Wildman–Crippen LogP) is 5.61. The molecule has 29 heavy (non-hydrogen) atoms. The van der Waals surface area contributed by atoms with Crippen molar-refractivity contribution in [1.82, 2.24) is 15.0 Å². The topological polar surface area (TPSA) is 38.7 Å². The Labute approximate surface area is 174 Å². The van der Waals surface area contributed by atoms with Gasteiger partial charge in [0, 0.05) is 18.0 Å². The molecule has 0 aromatic carbocycles. The van der Waals surface area contributed by atoms with E-state index in [4.69, 9.17) is 4.98 Å². The first kappa shape index (κ1) is 20.5. The van der Waals surface area contributed by atoms with Gasteiger partial charge in [0.1, 0.15) is 8.07 Å². The van der Waals surface area contributed by atoms with Crippen molar-refractivity contribution in [3.63, 3.8) is 0 Å². The molecule has 3 aromatic heterocycles. The third kappa shape index (κ3) is 5.19. The third-order valence-electron chi connectivity index (χ3n) is 5.31. The molecule has 0 aliphatic carbocycles. The van der Waals surface area contributed by atoms with Crippen LogP contribution in [-0.2, 0) is 0 Å². The quantitative estimate of drug-likeness (QED) is 0.416. The van der Waals surface area contributed by atoms with Gasteiger partial charge < -0.3 is 0 Å². The van der Waals surface area contributed by atoms with Crippen molar-refractivity contribution in [2.75, 3.05) is 0 Å². The molecule has 0 aliphatic rings. The van der Waals surface area contributed by atoms with Crippen molar-refractivity contribution in [2.45, 2.75) is 38.9 Å². The molecule has 3 aromatic rings. The Morgan fingerprint density at radius 3 is 1.72 bits per heavy atom. The lowest BCUT2D eigenvalue weighted by Crippen LogP contribution is -2.29. The van der Waals surface area contributed by atoms with Crippen LogP contribution in [0.3, 0.4) is 0 Å². The van der Waals surface area contributed by atoms with Crippen LogP contribution in [-0.4, -0.2) is 23.0 Å². The minimum absolute atomic E-state index is 0.783. The van der Waals surface area contributed by atoms with Crippen molar-refractivity contribution < 1.29 is 0 Å². The van der Waals surface area contributed by atoms with E-state index in [2.05, 4.69) is 54.0 Å². The van der Waals surface area contributed by atoms with E-state index in [0.717, 1.165) is 28.3 Å². The molecule has 144 valence electrons. The molecule has 0 fully saturated rings. The maximum Gasteiger partial charge on any atom is 0.139 e. The lowest BCUT2D eigenvalue weighted by atomic mass is 10.1. The molecule has 3 rings (SSSR count). The number of rotatable bonds is 5. The average molecular weight is 396 g/mol. The molecule has 3 nitrogen and oxygen atoms in total. The van der Waals surface area contributed by atoms with Gasteiger partial charge in [-0.15, -0.1) is 5.54 Å². The second kappa shape index (κ2) is 9.82. The minimum atomic E-state index is -1.48. The van der Waals surface area contributed by atoms with Crippen molar-refractivity contribution >= 4 is 8.07 Å². The normalized spacial score (nSPS) is 10.4. The van der Waals surface area contributed by atoms with E-state index in [0.29, 0.717) is 0 Å². The summed E-state index contributed by atoms with van der Waals surface area (Å²) in [5, 5.41) is 0. The molecule has 0 saturated heterocycles. The fourth-order valence-electron chi connectivity index (χ4n) is 3.18. The van der Waals surface area contributed by atoms with Crippen LogP contribution < -0.4 is 0 Å². The fourth-order valence-corrected chi connectivity index (χ4v) is 5.53. The van der Waals surface area contributed by atoms with Crippen LogP contribution in [0.1, 0.15) is 26.3 Å². The second-order valence-corrected chi connectivity index (χ2v) is 11.8. The molecule has 0 radical (unpaired) electrons. The largest absolute Gasteiger partial charge is 0.255 e. The van der Waals surface area contributed by atoms with E-state index >= 15 is 0 Å². The predicted molar refractivity (Wildman–Crippen MR) is 123 cm³/mol. The fraction of sp³-hybridized carbons (Fsp3) is 0.240. The molecular weight excluding hydrogens is 370 g/mol. The Balaban J connectivity index is 2.02. The Bertz CT molecular complexity index is 1000. The van der Waals surface area contributed by atoms with Crippen LogP contribution in [0, 0.1) is 23.3 Å². The van der Waals surface area contributed by atoms with Gasteiger partial charge in [-0.1, -0.05) is 38.8 Å². The average Bonchev–Trinajstić information content (AvgIpc) is 2.81. The summed E-state index contributed by atoms with van der Waals surface area (Å²) in [5.74, 6) is 9.43. The monoisotopic (exact) mass is 395 g/mol. The van der Waals surface area contributed by atoms with Gasteiger partial charge in [0.15, 0.2) is 0 Å². The van der Waals surface area contributed by atoms with Gasteiger partial charge in [-0.05, 0) is 66.4 Å². The lowest BCUT2D eigenvalue weighted by Gasteiger charge is -2.19. The zero-order valence-corrected chi connectivity index (χ0v) is 18.2. The van der Waals surface area contributed by atoms with Gasteiger partial charge in [-0.3, -0.25) is 9.97 Å². The Kier molecular flexibility index (Phi) is 6.95. The van der Waals surface area contributed by atoms with E-state index in [1.54, 1.807) is 12.4 Å². The summed E-state index contributed by atoms with van der Waals surface area (Å²) >= 11 is 0. The van der Waals surface area contributed by atoms with E-state index in [-0.39, 0.29) is 0 Å². The number of aromatic nitrogens is 3. The van der Waals surface area contributed by atoms with Crippen LogP contribution in [0.4, 0.5) is 0 Å². The van der Waals surface area contributed by atoms with E-state index in [1.807, 2.05) is 48.5 Å². The zero-order chi connectivity index (χ0) is 20.5. The van der Waals surface area contributed by atoms with Crippen LogP contribution in [0.5, 0.6) is 0 Å². The minimum Gasteiger partial charge on any atom is -0.255 e. The van der Waals surface area contributed by atoms with Gasteiger partial charge in [0.05, 0.1) is 22.8 Å². The highest BCUT2D eigenvalue weighted by Crippen LogP contribution is 2.22. The van der Waals surface area contributed by atoms with Crippen molar-refractivity contribution in [2.24, 2.45) is 0 Å². The molecule has 0 saturated carbocycles. The molecule has 0 unspecified atom stereocenters. The zero-order valence-electron chi connectivity index (χ0n) is 17.2. The van der Waals surface area contributed by atoms with Gasteiger partial charge in [0.2, 0.25) is 0 Å². The standard InChI is InChI=1S/C25H25N3Si/c1-4-29(5-2,6-3)18-12-9-13-21-19-24(22-14-7-10-16-26-22)28-25(20-21)23-15-8-11-17-27-23/h7-8,10-11,14-17,19-20H,4-6H2,1-3H3. The van der Waals surface area contributed by atoms with Crippen molar-refractivity contribution in [1.29, 1.82) is 0 Å². The smallest absolute Gasteiger partial charge is 0.139 e. The van der Waals surface area contributed by atoms with Crippen LogP contribution in [0.2, 0.25) is 18.1 Å². The van der Waals surface area contributed by atoms with Gasteiger partial charge in [0.25, 0.3) is 0 Å². The van der Waals surface area contributed by atoms with Gasteiger partial charge in [-0.25, -0.2) is 4.98 Å². The first-order valence-corrected chi connectivity index (χ1v) is 12.7. The van der Waals surface area contributed by atoms with E-state index < -0.39 is 8.07 Å². The van der Waals surface area contributed by atoms with Gasteiger partial charge in [-0.2, -0.15) is 0 Å². The maximum atomic E-state index is 4.76. The van der Waals surface area contributed by atoms with Crippen molar-refractivity contribution in [3.8, 4) is 46.1 Å². The Morgan fingerprint density at radius 2 is 1.28 bits per heavy atom. The number of hydrogen-bond donors (Lipinski definition) is 0. The molecule has 0 amide bonds. The molecule has 0 N–H and O–H groups in total. The SMILES string of the molecule is CC[Si](C#CC#Cc1cc(-c2ccccn2)nc(-c2ccccn2)c1)(CC)CC. The summed E-state index contributed by atoms with van der Waals surface area (Å²) in [5.41, 5.74) is 7.58. The lowest BCUT2D eigenvalue weighted by molar-refractivity contribution is 1.20. The molecule has 4 heteroatoms. The Morgan fingerprint density at radius 1 is 0.724 bits per heavy atom. The first-order valence-electron chi connectivity index (χ1n) is 10.1. The Hall–Kier alpha value is -3.21.